The molecule has 0 unspecified atom stereocenters. The molecule has 2 N–H and O–H groups in total. The van der Waals surface area contributed by atoms with Gasteiger partial charge in [-0.1, -0.05) is 5.21 Å². The molecule has 0 radical (unpaired) electrons. The molecule has 7 nitrogen and oxygen atoms in total. The lowest BCUT2D eigenvalue weighted by Crippen LogP contribution is -2.37. The van der Waals surface area contributed by atoms with Crippen molar-refractivity contribution in [2.24, 2.45) is 0 Å². The third kappa shape index (κ3) is 2.30. The second-order valence-electron chi connectivity index (χ2n) is 3.61. The predicted molar refractivity (Wildman–Crippen MR) is 50.1 cm³/mol. The molecular weight excluding hydrogens is 198 g/mol. The van der Waals surface area contributed by atoms with E-state index < -0.39 is 5.97 Å². The van der Waals surface area contributed by atoms with Gasteiger partial charge < -0.3 is 5.11 Å². The largest absolute Gasteiger partial charge is 0.480 e. The van der Waals surface area contributed by atoms with E-state index in [4.69, 9.17) is 5.11 Å². The number of carboxylic acids is 1. The molecule has 2 rings (SSSR count). The molecule has 1 fully saturated rings. The van der Waals surface area contributed by atoms with E-state index in [1.165, 1.54) is 0 Å². The monoisotopic (exact) mass is 211 g/mol. The van der Waals surface area contributed by atoms with Crippen molar-refractivity contribution in [2.75, 3.05) is 13.1 Å². The van der Waals surface area contributed by atoms with E-state index in [-0.39, 0.29) is 6.04 Å². The Labute approximate surface area is 86.5 Å². The van der Waals surface area contributed by atoms with Crippen LogP contribution in [0.15, 0.2) is 0 Å². The molecule has 82 valence electrons. The van der Waals surface area contributed by atoms with E-state index in [9.17, 15) is 4.79 Å². The maximum Gasteiger partial charge on any atom is 0.320 e. The standard InChI is InChI=1S/C8H13N5O2/c14-8(15)6-2-1-4-13(6)5-3-7-9-11-12-10-7/h6H,1-5H2,(H,14,15)(H,9,10,11,12)/t6-/m1/s1. The molecule has 0 spiro atoms. The number of aromatic amines is 1. The van der Waals surface area contributed by atoms with Crippen molar-refractivity contribution in [3.63, 3.8) is 0 Å². The van der Waals surface area contributed by atoms with Crippen LogP contribution in [0.2, 0.25) is 0 Å². The predicted octanol–water partition coefficient (Wildman–Crippen LogP) is -0.709. The van der Waals surface area contributed by atoms with Crippen LogP contribution in [-0.4, -0.2) is 55.7 Å². The Hall–Kier alpha value is -1.50. The highest BCUT2D eigenvalue weighted by atomic mass is 16.4. The van der Waals surface area contributed by atoms with Crippen LogP contribution in [0.5, 0.6) is 0 Å². The second-order valence-corrected chi connectivity index (χ2v) is 3.61. The fourth-order valence-corrected chi connectivity index (χ4v) is 1.91. The molecule has 0 amide bonds. The Morgan fingerprint density at radius 3 is 3.20 bits per heavy atom. The van der Waals surface area contributed by atoms with Gasteiger partial charge in [-0.05, 0) is 19.4 Å². The van der Waals surface area contributed by atoms with Gasteiger partial charge in [0.15, 0.2) is 5.82 Å². The zero-order valence-corrected chi connectivity index (χ0v) is 8.26. The summed E-state index contributed by atoms with van der Waals surface area (Å²) in [6.45, 7) is 1.52. The van der Waals surface area contributed by atoms with Gasteiger partial charge in [0.2, 0.25) is 0 Å². The van der Waals surface area contributed by atoms with E-state index in [2.05, 4.69) is 20.6 Å². The van der Waals surface area contributed by atoms with Gasteiger partial charge in [-0.2, -0.15) is 5.21 Å². The molecular formula is C8H13N5O2. The van der Waals surface area contributed by atoms with Crippen LogP contribution in [0.4, 0.5) is 0 Å². The average molecular weight is 211 g/mol. The molecule has 1 aliphatic heterocycles. The van der Waals surface area contributed by atoms with Gasteiger partial charge in [-0.25, -0.2) is 0 Å². The zero-order valence-electron chi connectivity index (χ0n) is 8.26. The molecule has 1 aromatic heterocycles. The molecule has 2 heterocycles. The number of aliphatic carboxylic acids is 1. The van der Waals surface area contributed by atoms with Gasteiger partial charge in [0.25, 0.3) is 0 Å². The van der Waals surface area contributed by atoms with E-state index in [1.54, 1.807) is 0 Å². The summed E-state index contributed by atoms with van der Waals surface area (Å²) < 4.78 is 0. The number of aromatic nitrogens is 4. The minimum absolute atomic E-state index is 0.336. The number of tetrazole rings is 1. The lowest BCUT2D eigenvalue weighted by Gasteiger charge is -2.19. The summed E-state index contributed by atoms with van der Waals surface area (Å²) in [6.07, 6.45) is 2.32. The number of carboxylic acid groups (broad SMARTS) is 1. The Morgan fingerprint density at radius 1 is 1.67 bits per heavy atom. The number of nitrogens with one attached hydrogen (secondary N) is 1. The minimum atomic E-state index is -0.736. The smallest absolute Gasteiger partial charge is 0.320 e. The van der Waals surface area contributed by atoms with Crippen molar-refractivity contribution < 1.29 is 9.90 Å². The maximum absolute atomic E-state index is 10.9. The summed E-state index contributed by atoms with van der Waals surface area (Å²) in [4.78, 5) is 12.8. The number of likely N-dealkylation sites (tertiary alicyclic amines) is 1. The van der Waals surface area contributed by atoms with E-state index in [0.717, 1.165) is 19.4 Å². The van der Waals surface area contributed by atoms with Crippen LogP contribution in [0.3, 0.4) is 0 Å². The highest BCUT2D eigenvalue weighted by Gasteiger charge is 2.29. The molecule has 0 aromatic carbocycles. The van der Waals surface area contributed by atoms with Gasteiger partial charge >= 0.3 is 5.97 Å². The first kappa shape index (κ1) is 10.0. The van der Waals surface area contributed by atoms with Crippen molar-refractivity contribution in [1.82, 2.24) is 25.5 Å². The van der Waals surface area contributed by atoms with Crippen molar-refractivity contribution in [1.29, 1.82) is 0 Å². The van der Waals surface area contributed by atoms with Gasteiger partial charge in [-0.3, -0.25) is 9.69 Å². The molecule has 15 heavy (non-hydrogen) atoms. The lowest BCUT2D eigenvalue weighted by atomic mass is 10.2. The average Bonchev–Trinajstić information content (AvgIpc) is 2.86. The molecule has 1 aromatic rings. The first-order chi connectivity index (χ1) is 7.27. The summed E-state index contributed by atoms with van der Waals surface area (Å²) in [7, 11) is 0. The first-order valence-corrected chi connectivity index (χ1v) is 4.96. The second kappa shape index (κ2) is 4.35. The summed E-state index contributed by atoms with van der Waals surface area (Å²) in [6, 6.07) is -0.336. The maximum atomic E-state index is 10.9. The van der Waals surface area contributed by atoms with Gasteiger partial charge in [0.05, 0.1) is 0 Å². The fraction of sp³-hybridized carbons (Fsp3) is 0.750. The molecule has 7 heteroatoms. The van der Waals surface area contributed by atoms with Crippen molar-refractivity contribution in [3.05, 3.63) is 5.82 Å². The van der Waals surface area contributed by atoms with E-state index in [0.29, 0.717) is 18.8 Å². The minimum Gasteiger partial charge on any atom is -0.480 e. The lowest BCUT2D eigenvalue weighted by molar-refractivity contribution is -0.142. The molecule has 0 bridgehead atoms. The number of hydrogen-bond acceptors (Lipinski definition) is 5. The summed E-state index contributed by atoms with van der Waals surface area (Å²) in [5, 5.41) is 22.4. The van der Waals surface area contributed by atoms with Crippen molar-refractivity contribution >= 4 is 5.97 Å². The molecule has 0 aliphatic carbocycles. The third-order valence-corrected chi connectivity index (χ3v) is 2.66. The van der Waals surface area contributed by atoms with Crippen LogP contribution in [0, 0.1) is 0 Å². The molecule has 0 saturated carbocycles. The Kier molecular flexibility index (Phi) is 2.91. The number of carbonyl (C=O) groups is 1. The zero-order chi connectivity index (χ0) is 10.7. The topological polar surface area (TPSA) is 95.0 Å². The number of nitrogens with zero attached hydrogens (tertiary/aromatic N) is 4. The summed E-state index contributed by atoms with van der Waals surface area (Å²) in [5.41, 5.74) is 0. The Balaban J connectivity index is 1.86. The summed E-state index contributed by atoms with van der Waals surface area (Å²) >= 11 is 0. The van der Waals surface area contributed by atoms with Crippen LogP contribution in [0.1, 0.15) is 18.7 Å². The molecule has 1 atom stereocenters. The van der Waals surface area contributed by atoms with Crippen molar-refractivity contribution in [3.8, 4) is 0 Å². The Morgan fingerprint density at radius 2 is 2.53 bits per heavy atom. The highest BCUT2D eigenvalue weighted by molar-refractivity contribution is 5.73. The van der Waals surface area contributed by atoms with Gasteiger partial charge in [0.1, 0.15) is 6.04 Å². The van der Waals surface area contributed by atoms with Crippen LogP contribution >= 0.6 is 0 Å². The van der Waals surface area contributed by atoms with E-state index in [1.807, 2.05) is 4.90 Å². The van der Waals surface area contributed by atoms with E-state index >= 15 is 0 Å². The number of H-pyrrole nitrogens is 1. The van der Waals surface area contributed by atoms with Gasteiger partial charge in [-0.15, -0.1) is 10.2 Å². The third-order valence-electron chi connectivity index (χ3n) is 2.66. The van der Waals surface area contributed by atoms with Crippen LogP contribution in [0.25, 0.3) is 0 Å². The van der Waals surface area contributed by atoms with Crippen molar-refractivity contribution in [2.45, 2.75) is 25.3 Å². The van der Waals surface area contributed by atoms with Crippen LogP contribution < -0.4 is 0 Å². The Bertz CT molecular complexity index is 326. The normalized spacial score (nSPS) is 22.0. The number of hydrogen-bond donors (Lipinski definition) is 2. The molecule has 1 aliphatic rings. The first-order valence-electron chi connectivity index (χ1n) is 4.96. The SMILES string of the molecule is O=C(O)[C@H]1CCCN1CCc1nn[nH]n1. The van der Waals surface area contributed by atoms with Gasteiger partial charge in [0, 0.05) is 13.0 Å². The van der Waals surface area contributed by atoms with Crippen LogP contribution in [-0.2, 0) is 11.2 Å². The molecule has 1 saturated heterocycles. The quantitative estimate of drug-likeness (QED) is 0.683. The highest BCUT2D eigenvalue weighted by Crippen LogP contribution is 2.17. The number of rotatable bonds is 4. The summed E-state index contributed by atoms with van der Waals surface area (Å²) in [5.74, 6) is -0.105. The fourth-order valence-electron chi connectivity index (χ4n) is 1.91.